The summed E-state index contributed by atoms with van der Waals surface area (Å²) in [6, 6.07) is 18.5. The fourth-order valence-electron chi connectivity index (χ4n) is 2.07. The third-order valence-corrected chi connectivity index (χ3v) is 3.03. The normalized spacial score (nSPS) is 10.2. The van der Waals surface area contributed by atoms with E-state index in [0.717, 1.165) is 24.5 Å². The summed E-state index contributed by atoms with van der Waals surface area (Å²) in [4.78, 5) is 2.26. The van der Waals surface area contributed by atoms with Crippen LogP contribution in [0.3, 0.4) is 0 Å². The molecule has 19 heavy (non-hydrogen) atoms. The lowest BCUT2D eigenvalue weighted by atomic mass is 10.2. The number of nitrogens with two attached hydrogens (primary N) is 1. The molecule has 3 heteroatoms. The molecule has 2 aromatic rings. The van der Waals surface area contributed by atoms with E-state index in [1.54, 1.807) is 7.11 Å². The Morgan fingerprint density at radius 2 is 1.84 bits per heavy atom. The highest BCUT2D eigenvalue weighted by atomic mass is 16.5. The fourth-order valence-corrected chi connectivity index (χ4v) is 2.07. The molecule has 0 aliphatic carbocycles. The van der Waals surface area contributed by atoms with Crippen molar-refractivity contribution in [1.82, 2.24) is 0 Å². The van der Waals surface area contributed by atoms with Crippen molar-refractivity contribution in [3.63, 3.8) is 0 Å². The first kappa shape index (κ1) is 13.4. The molecule has 0 fully saturated rings. The third-order valence-electron chi connectivity index (χ3n) is 3.03. The minimum Gasteiger partial charge on any atom is -0.497 e. The summed E-state index contributed by atoms with van der Waals surface area (Å²) in [5.74, 6) is 0.868. The van der Waals surface area contributed by atoms with Crippen molar-refractivity contribution in [2.45, 2.75) is 6.54 Å². The van der Waals surface area contributed by atoms with Crippen molar-refractivity contribution in [3.8, 4) is 5.75 Å². The summed E-state index contributed by atoms with van der Waals surface area (Å²) < 4.78 is 5.28. The quantitative estimate of drug-likeness (QED) is 0.863. The van der Waals surface area contributed by atoms with Crippen LogP contribution in [-0.4, -0.2) is 20.2 Å². The molecule has 0 spiro atoms. The van der Waals surface area contributed by atoms with Gasteiger partial charge in [0.1, 0.15) is 5.75 Å². The van der Waals surface area contributed by atoms with E-state index in [9.17, 15) is 0 Å². The number of hydrogen-bond acceptors (Lipinski definition) is 3. The predicted molar refractivity (Wildman–Crippen MR) is 79.5 cm³/mol. The maximum Gasteiger partial charge on any atom is 0.120 e. The van der Waals surface area contributed by atoms with Gasteiger partial charge in [-0.15, -0.1) is 0 Å². The van der Waals surface area contributed by atoms with E-state index in [1.807, 2.05) is 24.3 Å². The van der Waals surface area contributed by atoms with E-state index in [4.69, 9.17) is 10.5 Å². The van der Waals surface area contributed by atoms with Gasteiger partial charge in [-0.2, -0.15) is 0 Å². The summed E-state index contributed by atoms with van der Waals surface area (Å²) in [7, 11) is 1.68. The number of ether oxygens (including phenoxy) is 1. The van der Waals surface area contributed by atoms with Gasteiger partial charge in [0, 0.05) is 31.4 Å². The van der Waals surface area contributed by atoms with Crippen LogP contribution in [0.1, 0.15) is 5.56 Å². The molecular weight excluding hydrogens is 236 g/mol. The van der Waals surface area contributed by atoms with Crippen LogP contribution < -0.4 is 15.4 Å². The third kappa shape index (κ3) is 3.73. The van der Waals surface area contributed by atoms with Crippen molar-refractivity contribution in [2.75, 3.05) is 25.1 Å². The summed E-state index contributed by atoms with van der Waals surface area (Å²) in [5.41, 5.74) is 8.13. The van der Waals surface area contributed by atoms with Crippen molar-refractivity contribution in [1.29, 1.82) is 0 Å². The Morgan fingerprint density at radius 1 is 1.05 bits per heavy atom. The Morgan fingerprint density at radius 3 is 2.53 bits per heavy atom. The lowest BCUT2D eigenvalue weighted by Crippen LogP contribution is -2.28. The van der Waals surface area contributed by atoms with E-state index in [0.29, 0.717) is 6.54 Å². The topological polar surface area (TPSA) is 38.5 Å². The number of hydrogen-bond donors (Lipinski definition) is 1. The Labute approximate surface area is 114 Å². The Hall–Kier alpha value is -2.00. The van der Waals surface area contributed by atoms with Crippen LogP contribution in [0.2, 0.25) is 0 Å². The predicted octanol–water partition coefficient (Wildman–Crippen LogP) is 2.66. The Balaban J connectivity index is 2.19. The molecule has 2 N–H and O–H groups in total. The van der Waals surface area contributed by atoms with Gasteiger partial charge in [0.25, 0.3) is 0 Å². The van der Waals surface area contributed by atoms with Gasteiger partial charge in [-0.1, -0.05) is 36.4 Å². The molecule has 0 heterocycles. The molecule has 0 amide bonds. The summed E-state index contributed by atoms with van der Waals surface area (Å²) in [6.45, 7) is 2.30. The van der Waals surface area contributed by atoms with Crippen molar-refractivity contribution >= 4 is 5.69 Å². The number of methoxy groups -OCH3 is 1. The van der Waals surface area contributed by atoms with E-state index in [-0.39, 0.29) is 0 Å². The molecule has 3 nitrogen and oxygen atoms in total. The minimum absolute atomic E-state index is 0.629. The van der Waals surface area contributed by atoms with Gasteiger partial charge in [0.15, 0.2) is 0 Å². The first-order valence-corrected chi connectivity index (χ1v) is 6.46. The maximum absolute atomic E-state index is 5.72. The molecule has 0 atom stereocenters. The molecule has 100 valence electrons. The second-order valence-electron chi connectivity index (χ2n) is 4.40. The van der Waals surface area contributed by atoms with Gasteiger partial charge in [-0.05, 0) is 17.7 Å². The molecule has 0 saturated carbocycles. The van der Waals surface area contributed by atoms with Crippen molar-refractivity contribution < 1.29 is 4.74 Å². The van der Waals surface area contributed by atoms with Gasteiger partial charge < -0.3 is 15.4 Å². The molecule has 0 saturated heterocycles. The Kier molecular flexibility index (Phi) is 4.81. The van der Waals surface area contributed by atoms with E-state index in [1.165, 1.54) is 5.56 Å². The average molecular weight is 256 g/mol. The highest BCUT2D eigenvalue weighted by Crippen LogP contribution is 2.22. The standard InChI is InChI=1S/C16H20N2O/c1-19-16-9-5-8-15(12-16)18(11-10-17)13-14-6-3-2-4-7-14/h2-9,12H,10-11,13,17H2,1H3. The Bertz CT molecular complexity index is 499. The molecule has 2 rings (SSSR count). The zero-order valence-corrected chi connectivity index (χ0v) is 11.3. The number of rotatable bonds is 6. The van der Waals surface area contributed by atoms with Crippen LogP contribution in [0.25, 0.3) is 0 Å². The second-order valence-corrected chi connectivity index (χ2v) is 4.40. The van der Waals surface area contributed by atoms with Crippen LogP contribution in [0.5, 0.6) is 5.75 Å². The molecule has 0 radical (unpaired) electrons. The molecule has 0 aromatic heterocycles. The van der Waals surface area contributed by atoms with Gasteiger partial charge in [0.2, 0.25) is 0 Å². The van der Waals surface area contributed by atoms with Gasteiger partial charge in [-0.25, -0.2) is 0 Å². The minimum atomic E-state index is 0.629. The molecule has 0 aliphatic rings. The zero-order valence-electron chi connectivity index (χ0n) is 11.3. The lowest BCUT2D eigenvalue weighted by Gasteiger charge is -2.24. The number of anilines is 1. The van der Waals surface area contributed by atoms with Gasteiger partial charge in [0.05, 0.1) is 7.11 Å². The largest absolute Gasteiger partial charge is 0.497 e. The SMILES string of the molecule is COc1cccc(N(CCN)Cc2ccccc2)c1. The lowest BCUT2D eigenvalue weighted by molar-refractivity contribution is 0.414. The monoisotopic (exact) mass is 256 g/mol. The first-order valence-electron chi connectivity index (χ1n) is 6.46. The molecule has 0 aliphatic heterocycles. The number of benzene rings is 2. The number of nitrogens with zero attached hydrogens (tertiary/aromatic N) is 1. The van der Waals surface area contributed by atoms with Crippen molar-refractivity contribution in [3.05, 3.63) is 60.2 Å². The highest BCUT2D eigenvalue weighted by molar-refractivity contribution is 5.51. The summed E-state index contributed by atoms with van der Waals surface area (Å²) in [5, 5.41) is 0. The van der Waals surface area contributed by atoms with Gasteiger partial charge >= 0.3 is 0 Å². The second kappa shape index (κ2) is 6.81. The first-order chi connectivity index (χ1) is 9.33. The maximum atomic E-state index is 5.72. The molecule has 0 unspecified atom stereocenters. The van der Waals surface area contributed by atoms with Crippen LogP contribution in [0, 0.1) is 0 Å². The fraction of sp³-hybridized carbons (Fsp3) is 0.250. The molecule has 2 aromatic carbocycles. The van der Waals surface area contributed by atoms with E-state index >= 15 is 0 Å². The molecule has 0 bridgehead atoms. The van der Waals surface area contributed by atoms with Gasteiger partial charge in [-0.3, -0.25) is 0 Å². The highest BCUT2D eigenvalue weighted by Gasteiger charge is 2.07. The summed E-state index contributed by atoms with van der Waals surface area (Å²) >= 11 is 0. The molecular formula is C16H20N2O. The summed E-state index contributed by atoms with van der Waals surface area (Å²) in [6.07, 6.45) is 0. The zero-order chi connectivity index (χ0) is 13.5. The van der Waals surface area contributed by atoms with Crippen LogP contribution in [0.15, 0.2) is 54.6 Å². The van der Waals surface area contributed by atoms with Crippen LogP contribution in [0.4, 0.5) is 5.69 Å². The van der Waals surface area contributed by atoms with E-state index < -0.39 is 0 Å². The van der Waals surface area contributed by atoms with E-state index in [2.05, 4.69) is 35.2 Å². The smallest absolute Gasteiger partial charge is 0.120 e. The van der Waals surface area contributed by atoms with Crippen molar-refractivity contribution in [2.24, 2.45) is 5.73 Å². The van der Waals surface area contributed by atoms with Crippen LogP contribution in [-0.2, 0) is 6.54 Å². The van der Waals surface area contributed by atoms with Crippen LogP contribution >= 0.6 is 0 Å². The average Bonchev–Trinajstić information content (AvgIpc) is 2.48.